The summed E-state index contributed by atoms with van der Waals surface area (Å²) in [6.45, 7) is 3.41. The highest BCUT2D eigenvalue weighted by Gasteiger charge is 2.13. The number of aryl methyl sites for hydroxylation is 1. The number of ether oxygens (including phenoxy) is 1. The molecule has 0 radical (unpaired) electrons. The second-order valence-electron chi connectivity index (χ2n) is 4.68. The van der Waals surface area contributed by atoms with E-state index < -0.39 is 0 Å². The highest BCUT2D eigenvalue weighted by atomic mass is 16.5. The molecule has 18 heavy (non-hydrogen) atoms. The van der Waals surface area contributed by atoms with E-state index in [1.54, 1.807) is 0 Å². The largest absolute Gasteiger partial charge is 0.372 e. The van der Waals surface area contributed by atoms with Crippen LogP contribution in [0.2, 0.25) is 0 Å². The van der Waals surface area contributed by atoms with E-state index in [0.717, 1.165) is 28.5 Å². The fourth-order valence-corrected chi connectivity index (χ4v) is 2.36. The second-order valence-corrected chi connectivity index (χ2v) is 4.68. The monoisotopic (exact) mass is 238 g/mol. The minimum atomic E-state index is 0.672. The lowest BCUT2D eigenvalue weighted by molar-refractivity contribution is 0.112. The third kappa shape index (κ3) is 1.85. The van der Waals surface area contributed by atoms with E-state index in [4.69, 9.17) is 4.74 Å². The number of aldehydes is 1. The molecule has 1 aliphatic rings. The average Bonchev–Trinajstić information content (AvgIpc) is 2.85. The molecule has 0 bridgehead atoms. The Bertz CT molecular complexity index is 614. The molecule has 0 amide bonds. The van der Waals surface area contributed by atoms with Gasteiger partial charge in [0.25, 0.3) is 0 Å². The van der Waals surface area contributed by atoms with Gasteiger partial charge in [0.15, 0.2) is 6.29 Å². The van der Waals surface area contributed by atoms with Crippen molar-refractivity contribution in [3.05, 3.63) is 58.7 Å². The third-order valence-corrected chi connectivity index (χ3v) is 3.37. The smallest absolute Gasteiger partial charge is 0.150 e. The summed E-state index contributed by atoms with van der Waals surface area (Å²) in [5, 5.41) is 0. The van der Waals surface area contributed by atoms with E-state index >= 15 is 0 Å². The quantitative estimate of drug-likeness (QED) is 0.748. The predicted molar refractivity (Wildman–Crippen MR) is 70.5 cm³/mol. The Kier molecular flexibility index (Phi) is 2.73. The van der Waals surface area contributed by atoms with Gasteiger partial charge in [0.1, 0.15) is 0 Å². The molecule has 3 rings (SSSR count). The average molecular weight is 238 g/mol. The standard InChI is InChI=1S/C16H14O2/c1-11-2-3-13(8-17)16(6-11)12-4-5-14-9-18-10-15(14)7-12/h2-8H,9-10H2,1H3. The minimum Gasteiger partial charge on any atom is -0.372 e. The van der Waals surface area contributed by atoms with Crippen LogP contribution in [0.4, 0.5) is 0 Å². The van der Waals surface area contributed by atoms with Crippen LogP contribution in [-0.4, -0.2) is 6.29 Å². The summed E-state index contributed by atoms with van der Waals surface area (Å²) >= 11 is 0. The lowest BCUT2D eigenvalue weighted by atomic mass is 9.95. The van der Waals surface area contributed by atoms with Gasteiger partial charge in [-0.3, -0.25) is 4.79 Å². The molecule has 0 spiro atoms. The summed E-state index contributed by atoms with van der Waals surface area (Å²) in [6, 6.07) is 12.2. The second kappa shape index (κ2) is 4.39. The molecule has 0 N–H and O–H groups in total. The number of hydrogen-bond donors (Lipinski definition) is 0. The summed E-state index contributed by atoms with van der Waals surface area (Å²) in [5.74, 6) is 0. The van der Waals surface area contributed by atoms with Gasteiger partial charge < -0.3 is 4.74 Å². The van der Waals surface area contributed by atoms with Crippen LogP contribution in [0.5, 0.6) is 0 Å². The van der Waals surface area contributed by atoms with Crippen LogP contribution >= 0.6 is 0 Å². The van der Waals surface area contributed by atoms with Gasteiger partial charge in [0.05, 0.1) is 13.2 Å². The van der Waals surface area contributed by atoms with Crippen molar-refractivity contribution in [2.24, 2.45) is 0 Å². The van der Waals surface area contributed by atoms with Gasteiger partial charge in [0, 0.05) is 5.56 Å². The number of fused-ring (bicyclic) bond motifs is 1. The Balaban J connectivity index is 2.14. The molecule has 2 aromatic carbocycles. The van der Waals surface area contributed by atoms with E-state index in [1.807, 2.05) is 19.1 Å². The Labute approximate surface area is 106 Å². The lowest BCUT2D eigenvalue weighted by Crippen LogP contribution is -1.91. The van der Waals surface area contributed by atoms with Crippen LogP contribution in [0.25, 0.3) is 11.1 Å². The SMILES string of the molecule is Cc1ccc(C=O)c(-c2ccc3c(c2)COC3)c1. The summed E-state index contributed by atoms with van der Waals surface area (Å²) in [5.41, 5.74) is 6.46. The highest BCUT2D eigenvalue weighted by molar-refractivity contribution is 5.88. The number of carbonyl (C=O) groups is 1. The van der Waals surface area contributed by atoms with E-state index in [2.05, 4.69) is 24.3 Å². The predicted octanol–water partition coefficient (Wildman–Crippen LogP) is 3.50. The van der Waals surface area contributed by atoms with Crippen molar-refractivity contribution in [3.63, 3.8) is 0 Å². The first kappa shape index (κ1) is 11.2. The molecule has 2 heteroatoms. The van der Waals surface area contributed by atoms with Crippen LogP contribution in [-0.2, 0) is 18.0 Å². The summed E-state index contributed by atoms with van der Waals surface area (Å²) in [4.78, 5) is 11.1. The summed E-state index contributed by atoms with van der Waals surface area (Å²) in [6.07, 6.45) is 0.915. The molecular weight excluding hydrogens is 224 g/mol. The van der Waals surface area contributed by atoms with Crippen LogP contribution in [0, 0.1) is 6.92 Å². The first-order valence-corrected chi connectivity index (χ1v) is 6.03. The van der Waals surface area contributed by atoms with Crippen molar-refractivity contribution in [2.75, 3.05) is 0 Å². The zero-order chi connectivity index (χ0) is 12.5. The molecular formula is C16H14O2. The number of rotatable bonds is 2. The minimum absolute atomic E-state index is 0.672. The van der Waals surface area contributed by atoms with E-state index in [9.17, 15) is 4.79 Å². The molecule has 0 saturated carbocycles. The molecule has 0 unspecified atom stereocenters. The molecule has 1 heterocycles. The Morgan fingerprint density at radius 1 is 1.06 bits per heavy atom. The van der Waals surface area contributed by atoms with Gasteiger partial charge in [-0.1, -0.05) is 35.9 Å². The third-order valence-electron chi connectivity index (χ3n) is 3.37. The highest BCUT2D eigenvalue weighted by Crippen LogP contribution is 2.29. The Morgan fingerprint density at radius 3 is 2.72 bits per heavy atom. The van der Waals surface area contributed by atoms with Crippen LogP contribution < -0.4 is 0 Å². The number of benzene rings is 2. The normalized spacial score (nSPS) is 13.4. The molecule has 90 valence electrons. The maximum atomic E-state index is 11.1. The van der Waals surface area contributed by atoms with Crippen molar-refractivity contribution >= 4 is 6.29 Å². The van der Waals surface area contributed by atoms with Gasteiger partial charge in [-0.15, -0.1) is 0 Å². The topological polar surface area (TPSA) is 26.3 Å². The fourth-order valence-electron chi connectivity index (χ4n) is 2.36. The molecule has 0 aliphatic carbocycles. The number of hydrogen-bond acceptors (Lipinski definition) is 2. The molecule has 1 aliphatic heterocycles. The molecule has 0 fully saturated rings. The van der Waals surface area contributed by atoms with E-state index in [1.165, 1.54) is 11.1 Å². The summed E-state index contributed by atoms with van der Waals surface area (Å²) in [7, 11) is 0. The van der Waals surface area contributed by atoms with Gasteiger partial charge in [0.2, 0.25) is 0 Å². The maximum absolute atomic E-state index is 11.1. The summed E-state index contributed by atoms with van der Waals surface area (Å²) < 4.78 is 5.42. The van der Waals surface area contributed by atoms with Gasteiger partial charge >= 0.3 is 0 Å². The lowest BCUT2D eigenvalue weighted by Gasteiger charge is -2.08. The molecule has 0 aromatic heterocycles. The van der Waals surface area contributed by atoms with Gasteiger partial charge in [-0.25, -0.2) is 0 Å². The van der Waals surface area contributed by atoms with Crippen molar-refractivity contribution in [1.82, 2.24) is 0 Å². The number of carbonyl (C=O) groups excluding carboxylic acids is 1. The molecule has 0 saturated heterocycles. The fraction of sp³-hybridized carbons (Fsp3) is 0.188. The Morgan fingerprint density at radius 2 is 1.89 bits per heavy atom. The molecule has 0 atom stereocenters. The van der Waals surface area contributed by atoms with E-state index in [0.29, 0.717) is 13.2 Å². The van der Waals surface area contributed by atoms with Crippen molar-refractivity contribution < 1.29 is 9.53 Å². The zero-order valence-electron chi connectivity index (χ0n) is 10.3. The Hall–Kier alpha value is -1.93. The van der Waals surface area contributed by atoms with Crippen molar-refractivity contribution in [2.45, 2.75) is 20.1 Å². The molecule has 2 nitrogen and oxygen atoms in total. The van der Waals surface area contributed by atoms with Crippen LogP contribution in [0.1, 0.15) is 27.0 Å². The van der Waals surface area contributed by atoms with Crippen molar-refractivity contribution in [3.8, 4) is 11.1 Å². The zero-order valence-corrected chi connectivity index (χ0v) is 10.3. The first-order chi connectivity index (χ1) is 8.78. The molecule has 2 aromatic rings. The van der Waals surface area contributed by atoms with Crippen LogP contribution in [0.15, 0.2) is 36.4 Å². The van der Waals surface area contributed by atoms with Crippen molar-refractivity contribution in [1.29, 1.82) is 0 Å². The first-order valence-electron chi connectivity index (χ1n) is 6.03. The maximum Gasteiger partial charge on any atom is 0.150 e. The van der Waals surface area contributed by atoms with E-state index in [-0.39, 0.29) is 0 Å². The van der Waals surface area contributed by atoms with Gasteiger partial charge in [-0.2, -0.15) is 0 Å². The van der Waals surface area contributed by atoms with Gasteiger partial charge in [-0.05, 0) is 35.2 Å². The van der Waals surface area contributed by atoms with Crippen LogP contribution in [0.3, 0.4) is 0 Å².